The molecule has 2 aromatic carbocycles. The van der Waals surface area contributed by atoms with E-state index in [4.69, 9.17) is 4.74 Å². The van der Waals surface area contributed by atoms with E-state index in [0.717, 1.165) is 5.56 Å². The van der Waals surface area contributed by atoms with E-state index in [9.17, 15) is 17.6 Å². The zero-order valence-corrected chi connectivity index (χ0v) is 17.1. The van der Waals surface area contributed by atoms with Crippen molar-refractivity contribution in [2.24, 2.45) is 0 Å². The van der Waals surface area contributed by atoms with Crippen LogP contribution in [-0.4, -0.2) is 38.8 Å². The van der Waals surface area contributed by atoms with Gasteiger partial charge in [0.25, 0.3) is 0 Å². The van der Waals surface area contributed by atoms with Crippen LogP contribution in [0.1, 0.15) is 25.8 Å². The van der Waals surface area contributed by atoms with E-state index >= 15 is 0 Å². The van der Waals surface area contributed by atoms with Gasteiger partial charge in [0.1, 0.15) is 11.6 Å². The molecule has 0 spiro atoms. The minimum Gasteiger partial charge on any atom is -0.495 e. The number of carbonyl (C=O) groups excluding carboxylic acids is 1. The summed E-state index contributed by atoms with van der Waals surface area (Å²) >= 11 is 0. The van der Waals surface area contributed by atoms with Gasteiger partial charge in [-0.15, -0.1) is 0 Å². The number of halogens is 1. The normalized spacial score (nSPS) is 11.5. The number of amides is 1. The summed E-state index contributed by atoms with van der Waals surface area (Å²) in [6, 6.07) is 10.3. The summed E-state index contributed by atoms with van der Waals surface area (Å²) in [6.07, 6.45) is 0.605. The Kier molecular flexibility index (Phi) is 7.53. The summed E-state index contributed by atoms with van der Waals surface area (Å²) in [4.78, 5) is 12.4. The van der Waals surface area contributed by atoms with E-state index in [1.807, 2.05) is 0 Å². The van der Waals surface area contributed by atoms with Gasteiger partial charge in [-0.2, -0.15) is 4.31 Å². The maximum absolute atomic E-state index is 13.0. The number of hydrogen-bond acceptors (Lipinski definition) is 4. The van der Waals surface area contributed by atoms with E-state index in [1.165, 1.54) is 41.7 Å². The molecule has 0 heterocycles. The minimum atomic E-state index is -3.65. The first-order valence-electron chi connectivity index (χ1n) is 9.04. The van der Waals surface area contributed by atoms with Crippen LogP contribution in [0.5, 0.6) is 5.75 Å². The molecule has 2 rings (SSSR count). The smallest absolute Gasteiger partial charge is 0.243 e. The Labute approximate surface area is 165 Å². The second-order valence-corrected chi connectivity index (χ2v) is 8.06. The molecule has 0 fully saturated rings. The van der Waals surface area contributed by atoms with Crippen LogP contribution in [0, 0.1) is 5.82 Å². The van der Waals surface area contributed by atoms with Crippen molar-refractivity contribution in [3.8, 4) is 5.75 Å². The van der Waals surface area contributed by atoms with Crippen LogP contribution in [0.2, 0.25) is 0 Å². The van der Waals surface area contributed by atoms with E-state index < -0.39 is 10.0 Å². The summed E-state index contributed by atoms with van der Waals surface area (Å²) in [5, 5.41) is 2.71. The molecule has 6 nitrogen and oxygen atoms in total. The zero-order valence-electron chi connectivity index (χ0n) is 16.2. The molecule has 8 heteroatoms. The lowest BCUT2D eigenvalue weighted by Gasteiger charge is -2.19. The van der Waals surface area contributed by atoms with Crippen LogP contribution in [0.15, 0.2) is 47.4 Å². The van der Waals surface area contributed by atoms with Crippen molar-refractivity contribution >= 4 is 21.6 Å². The number of sulfonamides is 1. The fraction of sp³-hybridized carbons (Fsp3) is 0.350. The summed E-state index contributed by atoms with van der Waals surface area (Å²) in [5.74, 6) is -0.252. The molecule has 1 amide bonds. The predicted octanol–water partition coefficient (Wildman–Crippen LogP) is 3.44. The molecule has 28 heavy (non-hydrogen) atoms. The highest BCUT2D eigenvalue weighted by Crippen LogP contribution is 2.29. The van der Waals surface area contributed by atoms with Crippen molar-refractivity contribution in [2.45, 2.75) is 31.6 Å². The van der Waals surface area contributed by atoms with Crippen LogP contribution in [0.3, 0.4) is 0 Å². The third-order valence-corrected chi connectivity index (χ3v) is 6.39. The Balaban J connectivity index is 2.17. The summed E-state index contributed by atoms with van der Waals surface area (Å²) in [6.45, 7) is 4.24. The largest absolute Gasteiger partial charge is 0.495 e. The molecule has 0 aliphatic rings. The summed E-state index contributed by atoms with van der Waals surface area (Å²) in [7, 11) is -2.21. The van der Waals surface area contributed by atoms with Crippen molar-refractivity contribution < 1.29 is 22.3 Å². The minimum absolute atomic E-state index is 0.0887. The lowest BCUT2D eigenvalue weighted by atomic mass is 10.1. The quantitative estimate of drug-likeness (QED) is 0.690. The van der Waals surface area contributed by atoms with Crippen LogP contribution < -0.4 is 10.1 Å². The molecule has 0 aliphatic heterocycles. The summed E-state index contributed by atoms with van der Waals surface area (Å²) < 4.78 is 45.0. The zero-order chi connectivity index (χ0) is 20.7. The van der Waals surface area contributed by atoms with Gasteiger partial charge in [-0.3, -0.25) is 4.79 Å². The first kappa shape index (κ1) is 21.8. The van der Waals surface area contributed by atoms with Gasteiger partial charge in [0.15, 0.2) is 0 Å². The van der Waals surface area contributed by atoms with Gasteiger partial charge < -0.3 is 10.1 Å². The number of anilines is 1. The van der Waals surface area contributed by atoms with Crippen molar-refractivity contribution in [3.05, 3.63) is 53.8 Å². The van der Waals surface area contributed by atoms with Gasteiger partial charge in [0, 0.05) is 19.5 Å². The SMILES string of the molecule is CCN(CC)S(=O)(=O)c1ccc(OC)c(NC(=O)CCc2ccc(F)cc2)c1. The van der Waals surface area contributed by atoms with Gasteiger partial charge in [0.05, 0.1) is 17.7 Å². The maximum Gasteiger partial charge on any atom is 0.243 e. The number of rotatable bonds is 9. The lowest BCUT2D eigenvalue weighted by Crippen LogP contribution is -2.30. The molecule has 0 aliphatic carbocycles. The number of ether oxygens (including phenoxy) is 1. The fourth-order valence-corrected chi connectivity index (χ4v) is 4.26. The lowest BCUT2D eigenvalue weighted by molar-refractivity contribution is -0.116. The predicted molar refractivity (Wildman–Crippen MR) is 106 cm³/mol. The third kappa shape index (κ3) is 5.30. The molecule has 0 atom stereocenters. The number of aryl methyl sites for hydroxylation is 1. The average molecular weight is 408 g/mol. The number of hydrogen-bond donors (Lipinski definition) is 1. The average Bonchev–Trinajstić information content (AvgIpc) is 2.68. The number of methoxy groups -OCH3 is 1. The van der Waals surface area contributed by atoms with Crippen LogP contribution in [0.25, 0.3) is 0 Å². The molecule has 0 saturated heterocycles. The Morgan fingerprint density at radius 1 is 1.11 bits per heavy atom. The van der Waals surface area contributed by atoms with Crippen molar-refractivity contribution in [2.75, 3.05) is 25.5 Å². The van der Waals surface area contributed by atoms with Crippen molar-refractivity contribution in [3.63, 3.8) is 0 Å². The third-order valence-electron chi connectivity index (χ3n) is 4.34. The number of carbonyl (C=O) groups is 1. The molecule has 152 valence electrons. The molecular weight excluding hydrogens is 383 g/mol. The second kappa shape index (κ2) is 9.66. The van der Waals surface area contributed by atoms with Crippen LogP contribution in [-0.2, 0) is 21.2 Å². The molecular formula is C20H25FN2O4S. The first-order valence-corrected chi connectivity index (χ1v) is 10.5. The topological polar surface area (TPSA) is 75.7 Å². The van der Waals surface area contributed by atoms with Gasteiger partial charge in [-0.25, -0.2) is 12.8 Å². The van der Waals surface area contributed by atoms with Gasteiger partial charge in [0.2, 0.25) is 15.9 Å². The number of nitrogens with zero attached hydrogens (tertiary/aromatic N) is 1. The Morgan fingerprint density at radius 3 is 2.32 bits per heavy atom. The van der Waals surface area contributed by atoms with E-state index in [-0.39, 0.29) is 23.0 Å². The van der Waals surface area contributed by atoms with Gasteiger partial charge >= 0.3 is 0 Å². The van der Waals surface area contributed by atoms with E-state index in [1.54, 1.807) is 26.0 Å². The van der Waals surface area contributed by atoms with Gasteiger partial charge in [-0.1, -0.05) is 26.0 Å². The van der Waals surface area contributed by atoms with Crippen LogP contribution in [0.4, 0.5) is 10.1 Å². The molecule has 0 saturated carbocycles. The highest BCUT2D eigenvalue weighted by molar-refractivity contribution is 7.89. The first-order chi connectivity index (χ1) is 13.3. The molecule has 0 radical (unpaired) electrons. The molecule has 2 aromatic rings. The van der Waals surface area contributed by atoms with E-state index in [2.05, 4.69) is 5.32 Å². The Bertz CT molecular complexity index is 910. The monoisotopic (exact) mass is 408 g/mol. The molecule has 0 aromatic heterocycles. The van der Waals surface area contributed by atoms with Crippen molar-refractivity contribution in [1.29, 1.82) is 0 Å². The maximum atomic E-state index is 13.0. The Hall–Kier alpha value is -2.45. The number of nitrogens with one attached hydrogen (secondary N) is 1. The molecule has 1 N–H and O–H groups in total. The highest BCUT2D eigenvalue weighted by Gasteiger charge is 2.23. The Morgan fingerprint density at radius 2 is 1.75 bits per heavy atom. The second-order valence-electron chi connectivity index (χ2n) is 6.13. The fourth-order valence-electron chi connectivity index (χ4n) is 2.78. The van der Waals surface area contributed by atoms with E-state index in [0.29, 0.717) is 30.9 Å². The standard InChI is InChI=1S/C20H25FN2O4S/c1-4-23(5-2)28(25,26)17-11-12-19(27-3)18(14-17)22-20(24)13-8-15-6-9-16(21)10-7-15/h6-7,9-12,14H,4-5,8,13H2,1-3H3,(H,22,24). The molecule has 0 bridgehead atoms. The van der Waals surface area contributed by atoms with Gasteiger partial charge in [-0.05, 0) is 42.3 Å². The van der Waals surface area contributed by atoms with Crippen LogP contribution >= 0.6 is 0 Å². The van der Waals surface area contributed by atoms with Crippen molar-refractivity contribution in [1.82, 2.24) is 4.31 Å². The highest BCUT2D eigenvalue weighted by atomic mass is 32.2. The number of benzene rings is 2. The molecule has 0 unspecified atom stereocenters. The summed E-state index contributed by atoms with van der Waals surface area (Å²) in [5.41, 5.74) is 1.13.